The molecule has 0 radical (unpaired) electrons. The molecule has 0 aromatic carbocycles. The fraction of sp³-hybridized carbons (Fsp3) is 0.600. The van der Waals surface area contributed by atoms with Gasteiger partial charge in [-0.1, -0.05) is 0 Å². The van der Waals surface area contributed by atoms with Gasteiger partial charge in [-0.15, -0.1) is 0 Å². The van der Waals surface area contributed by atoms with Crippen LogP contribution in [0, 0.1) is 0 Å². The molecule has 180 valence electrons. The molecule has 0 spiro atoms. The molecule has 0 aliphatic carbocycles. The summed E-state index contributed by atoms with van der Waals surface area (Å²) in [6, 6.07) is -0.566. The first-order chi connectivity index (χ1) is 15.9. The SMILES string of the molecule is CC1CN1c1ncnc2c1ncn2CCCCCOC(=O)N[C@@H](CCCN=C(N)N)C(=O)O. The van der Waals surface area contributed by atoms with Crippen molar-refractivity contribution in [3.05, 3.63) is 12.7 Å². The number of imidazole rings is 1. The number of unbranched alkanes of at least 4 members (excludes halogenated alkanes) is 2. The lowest BCUT2D eigenvalue weighted by Crippen LogP contribution is -2.41. The molecule has 2 atom stereocenters. The molecule has 2 aromatic heterocycles. The number of nitrogens with zero attached hydrogens (tertiary/aromatic N) is 6. The molecule has 3 heterocycles. The van der Waals surface area contributed by atoms with E-state index in [9.17, 15) is 14.7 Å². The van der Waals surface area contributed by atoms with Crippen molar-refractivity contribution in [2.75, 3.05) is 24.6 Å². The summed E-state index contributed by atoms with van der Waals surface area (Å²) in [6.07, 6.45) is 5.56. The average molecular weight is 462 g/mol. The van der Waals surface area contributed by atoms with Crippen molar-refractivity contribution >= 4 is 35.0 Å². The number of aliphatic imine (C=N–C) groups is 1. The zero-order chi connectivity index (χ0) is 23.8. The van der Waals surface area contributed by atoms with Crippen molar-refractivity contribution in [2.24, 2.45) is 16.5 Å². The number of nitrogens with one attached hydrogen (secondary N) is 1. The van der Waals surface area contributed by atoms with Gasteiger partial charge in [-0.25, -0.2) is 24.5 Å². The molecular weight excluding hydrogens is 430 g/mol. The van der Waals surface area contributed by atoms with Gasteiger partial charge in [0.25, 0.3) is 0 Å². The second-order valence-corrected chi connectivity index (χ2v) is 7.99. The third-order valence-electron chi connectivity index (χ3n) is 5.33. The second kappa shape index (κ2) is 11.3. The molecule has 6 N–H and O–H groups in total. The van der Waals surface area contributed by atoms with E-state index in [0.717, 1.165) is 42.9 Å². The Kier molecular flexibility index (Phi) is 8.22. The van der Waals surface area contributed by atoms with E-state index in [1.165, 1.54) is 0 Å². The number of carboxylic acids is 1. The molecule has 3 rings (SSSR count). The Morgan fingerprint density at radius 3 is 2.76 bits per heavy atom. The summed E-state index contributed by atoms with van der Waals surface area (Å²) in [7, 11) is 0. The number of nitrogens with two attached hydrogens (primary N) is 2. The number of hydrogen-bond donors (Lipinski definition) is 4. The normalized spacial score (nSPS) is 15.8. The Balaban J connectivity index is 1.34. The quantitative estimate of drug-likeness (QED) is 0.141. The van der Waals surface area contributed by atoms with Gasteiger partial charge in [0.1, 0.15) is 12.4 Å². The van der Waals surface area contributed by atoms with Gasteiger partial charge in [0.15, 0.2) is 22.9 Å². The number of fused-ring (bicyclic) bond motifs is 1. The third kappa shape index (κ3) is 6.92. The summed E-state index contributed by atoms with van der Waals surface area (Å²) in [4.78, 5) is 42.4. The number of carbonyl (C=O) groups excluding carboxylic acids is 1. The largest absolute Gasteiger partial charge is 0.480 e. The van der Waals surface area contributed by atoms with Gasteiger partial charge in [-0.05, 0) is 39.0 Å². The minimum absolute atomic E-state index is 0.0561. The van der Waals surface area contributed by atoms with Crippen molar-refractivity contribution in [3.8, 4) is 0 Å². The predicted molar refractivity (Wildman–Crippen MR) is 122 cm³/mol. The molecule has 33 heavy (non-hydrogen) atoms. The average Bonchev–Trinajstić information content (AvgIpc) is 3.35. The highest BCUT2D eigenvalue weighted by Crippen LogP contribution is 2.30. The summed E-state index contributed by atoms with van der Waals surface area (Å²) in [5, 5.41) is 11.6. The summed E-state index contributed by atoms with van der Waals surface area (Å²) < 4.78 is 7.11. The monoisotopic (exact) mass is 461 g/mol. The summed E-state index contributed by atoms with van der Waals surface area (Å²) in [5.41, 5.74) is 12.1. The van der Waals surface area contributed by atoms with E-state index in [1.807, 2.05) is 4.57 Å². The molecule has 0 bridgehead atoms. The van der Waals surface area contributed by atoms with Crippen molar-refractivity contribution in [3.63, 3.8) is 0 Å². The smallest absolute Gasteiger partial charge is 0.407 e. The van der Waals surface area contributed by atoms with E-state index < -0.39 is 18.1 Å². The highest BCUT2D eigenvalue weighted by molar-refractivity contribution is 5.84. The van der Waals surface area contributed by atoms with Crippen LogP contribution in [0.15, 0.2) is 17.6 Å². The molecule has 2 aromatic rings. The highest BCUT2D eigenvalue weighted by atomic mass is 16.5. The maximum Gasteiger partial charge on any atom is 0.407 e. The van der Waals surface area contributed by atoms with Gasteiger partial charge < -0.3 is 36.1 Å². The summed E-state index contributed by atoms with van der Waals surface area (Å²) >= 11 is 0. The zero-order valence-electron chi connectivity index (χ0n) is 18.7. The Labute approximate surface area is 191 Å². The first-order valence-corrected chi connectivity index (χ1v) is 11.0. The van der Waals surface area contributed by atoms with Crippen LogP contribution in [0.5, 0.6) is 0 Å². The standard InChI is InChI=1S/C20H31N9O4/c1-13-10-29(13)17-15-16(24-11-25-17)28(12-26-15)8-3-2-4-9-33-20(32)27-14(18(30)31)6-5-7-23-19(21)22/h11-14H,2-10H2,1H3,(H,27,32)(H,30,31)(H4,21,22,23)/t13?,14-,29?/m0/s1. The third-order valence-corrected chi connectivity index (χ3v) is 5.33. The van der Waals surface area contributed by atoms with Crippen molar-refractivity contribution < 1.29 is 19.4 Å². The first-order valence-electron chi connectivity index (χ1n) is 11.0. The maximum absolute atomic E-state index is 11.9. The van der Waals surface area contributed by atoms with Crippen molar-refractivity contribution in [1.29, 1.82) is 0 Å². The topological polar surface area (TPSA) is 187 Å². The molecular formula is C20H31N9O4. The van der Waals surface area contributed by atoms with Gasteiger partial charge >= 0.3 is 12.1 Å². The van der Waals surface area contributed by atoms with Gasteiger partial charge in [-0.3, -0.25) is 4.99 Å². The fourth-order valence-corrected chi connectivity index (χ4v) is 3.45. The van der Waals surface area contributed by atoms with E-state index in [1.54, 1.807) is 12.7 Å². The lowest BCUT2D eigenvalue weighted by molar-refractivity contribution is -0.139. The van der Waals surface area contributed by atoms with E-state index >= 15 is 0 Å². The maximum atomic E-state index is 11.9. The van der Waals surface area contributed by atoms with E-state index in [0.29, 0.717) is 25.4 Å². The molecule has 1 unspecified atom stereocenters. The number of anilines is 1. The number of hydrogen-bond acceptors (Lipinski definition) is 8. The number of carboxylic acid groups (broad SMARTS) is 1. The van der Waals surface area contributed by atoms with Crippen LogP contribution in [-0.2, 0) is 16.1 Å². The first kappa shape index (κ1) is 24.0. The van der Waals surface area contributed by atoms with Crippen LogP contribution >= 0.6 is 0 Å². The Morgan fingerprint density at radius 2 is 2.06 bits per heavy atom. The predicted octanol–water partition coefficient (Wildman–Crippen LogP) is 0.438. The molecule has 1 aliphatic heterocycles. The number of carbonyl (C=O) groups is 2. The van der Waals surface area contributed by atoms with Crippen molar-refractivity contribution in [1.82, 2.24) is 24.8 Å². The fourth-order valence-electron chi connectivity index (χ4n) is 3.45. The minimum atomic E-state index is -1.14. The number of amides is 1. The van der Waals surface area contributed by atoms with Gasteiger partial charge in [0, 0.05) is 25.7 Å². The molecule has 0 saturated carbocycles. The van der Waals surface area contributed by atoms with E-state index in [2.05, 4.69) is 37.1 Å². The van der Waals surface area contributed by atoms with Crippen LogP contribution in [0.4, 0.5) is 10.6 Å². The zero-order valence-corrected chi connectivity index (χ0v) is 18.7. The minimum Gasteiger partial charge on any atom is -0.480 e. The van der Waals surface area contributed by atoms with Gasteiger partial charge in [0.2, 0.25) is 0 Å². The number of guanidine groups is 1. The van der Waals surface area contributed by atoms with Gasteiger partial charge in [0.05, 0.1) is 12.9 Å². The molecule has 1 amide bonds. The van der Waals surface area contributed by atoms with E-state index in [4.69, 9.17) is 16.2 Å². The molecule has 13 heteroatoms. The van der Waals surface area contributed by atoms with E-state index in [-0.39, 0.29) is 19.0 Å². The highest BCUT2D eigenvalue weighted by Gasteiger charge is 2.32. The summed E-state index contributed by atoms with van der Waals surface area (Å²) in [5.74, 6) is -0.315. The van der Waals surface area contributed by atoms with Gasteiger partial charge in [-0.2, -0.15) is 0 Å². The Bertz CT molecular complexity index is 989. The lowest BCUT2D eigenvalue weighted by atomic mass is 10.1. The number of aryl methyl sites for hydroxylation is 1. The number of ether oxygens (including phenoxy) is 1. The van der Waals surface area contributed by atoms with Crippen molar-refractivity contribution in [2.45, 2.75) is 57.7 Å². The number of alkyl carbamates (subject to hydrolysis) is 1. The summed E-state index contributed by atoms with van der Waals surface area (Å²) in [6.45, 7) is 4.36. The van der Waals surface area contributed by atoms with Crippen LogP contribution < -0.4 is 21.7 Å². The molecule has 1 fully saturated rings. The number of aliphatic carboxylic acids is 1. The van der Waals surface area contributed by atoms with Crippen LogP contribution in [0.3, 0.4) is 0 Å². The van der Waals surface area contributed by atoms with Crippen LogP contribution in [0.1, 0.15) is 39.0 Å². The van der Waals surface area contributed by atoms with Crippen LogP contribution in [0.25, 0.3) is 11.2 Å². The van der Waals surface area contributed by atoms with Crippen LogP contribution in [0.2, 0.25) is 0 Å². The Hall–Kier alpha value is -3.64. The lowest BCUT2D eigenvalue weighted by Gasteiger charge is -2.14. The second-order valence-electron chi connectivity index (χ2n) is 7.99. The molecule has 13 nitrogen and oxygen atoms in total. The molecule has 1 saturated heterocycles. The molecule has 1 aliphatic rings. The number of rotatable bonds is 13. The Morgan fingerprint density at radius 1 is 1.27 bits per heavy atom. The number of aromatic nitrogens is 4. The van der Waals surface area contributed by atoms with Crippen LogP contribution in [-0.4, -0.2) is 74.4 Å².